The van der Waals surface area contributed by atoms with Gasteiger partial charge in [-0.2, -0.15) is 0 Å². The minimum absolute atomic E-state index is 0.142. The Kier molecular flexibility index (Phi) is 8.90. The largest absolute Gasteiger partial charge is 0.487 e. The number of halogens is 3. The first-order valence-electron chi connectivity index (χ1n) is 10.9. The number of carboxylic acids is 1. The summed E-state index contributed by atoms with van der Waals surface area (Å²) in [6, 6.07) is 17.5. The highest BCUT2D eigenvalue weighted by Gasteiger charge is 2.16. The Bertz CT molecular complexity index is 1250. The smallest absolute Gasteiger partial charge is 0.335 e. The van der Waals surface area contributed by atoms with Crippen molar-refractivity contribution in [3.05, 3.63) is 105 Å². The van der Waals surface area contributed by atoms with Crippen molar-refractivity contribution in [2.24, 2.45) is 5.92 Å². The molecule has 182 valence electrons. The summed E-state index contributed by atoms with van der Waals surface area (Å²) in [5.74, 6) is -0.0994. The Balaban J connectivity index is 1.82. The fourth-order valence-corrected chi connectivity index (χ4v) is 4.28. The van der Waals surface area contributed by atoms with E-state index in [1.54, 1.807) is 24.3 Å². The molecule has 0 radical (unpaired) electrons. The molecule has 0 bridgehead atoms. The Hall–Kier alpha value is -2.92. The minimum atomic E-state index is -1.02. The molecule has 0 aliphatic carbocycles. The predicted molar refractivity (Wildman–Crippen MR) is 146 cm³/mol. The number of benzene rings is 3. The molecule has 3 rings (SSSR count). The number of para-hydroxylation sites is 1. The van der Waals surface area contributed by atoms with E-state index < -0.39 is 5.97 Å². The molecule has 0 heterocycles. The summed E-state index contributed by atoms with van der Waals surface area (Å²) in [4.78, 5) is 13.1. The lowest BCUT2D eigenvalue weighted by molar-refractivity contribution is 0.0697. The summed E-state index contributed by atoms with van der Waals surface area (Å²) < 4.78 is 6.09. The van der Waals surface area contributed by atoms with Crippen LogP contribution in [-0.2, 0) is 0 Å². The third-order valence-corrected chi connectivity index (χ3v) is 6.49. The number of anilines is 1. The van der Waals surface area contributed by atoms with Gasteiger partial charge in [0.2, 0.25) is 0 Å². The number of ether oxygens (including phenoxy) is 1. The van der Waals surface area contributed by atoms with Crippen molar-refractivity contribution in [1.29, 1.82) is 0 Å². The van der Waals surface area contributed by atoms with Gasteiger partial charge in [0.25, 0.3) is 0 Å². The van der Waals surface area contributed by atoms with Crippen LogP contribution in [0.3, 0.4) is 0 Å². The van der Waals surface area contributed by atoms with Crippen molar-refractivity contribution in [3.8, 4) is 16.9 Å². The lowest BCUT2D eigenvalue weighted by Crippen LogP contribution is -2.23. The summed E-state index contributed by atoms with van der Waals surface area (Å²) in [5.41, 5.74) is 4.22. The van der Waals surface area contributed by atoms with Crippen molar-refractivity contribution in [1.82, 2.24) is 0 Å². The SMILES string of the molecule is C=C(/C=C(/COc1ccc(-c2ccc(C(=O)O)cc2Cl)cc1)N(C)c1c(Cl)cccc1Cl)C(C)C. The number of aromatic carboxylic acids is 1. The lowest BCUT2D eigenvalue weighted by atomic mass is 10.0. The van der Waals surface area contributed by atoms with Crippen LogP contribution in [0.15, 0.2) is 84.6 Å². The van der Waals surface area contributed by atoms with E-state index >= 15 is 0 Å². The summed E-state index contributed by atoms with van der Waals surface area (Å²) >= 11 is 19.2. The van der Waals surface area contributed by atoms with Crippen molar-refractivity contribution >= 4 is 46.5 Å². The Morgan fingerprint density at radius 2 is 1.66 bits per heavy atom. The van der Waals surface area contributed by atoms with E-state index in [-0.39, 0.29) is 18.1 Å². The van der Waals surface area contributed by atoms with Gasteiger partial charge < -0.3 is 14.7 Å². The normalized spacial score (nSPS) is 11.5. The number of carbonyl (C=O) groups is 1. The number of hydrogen-bond donors (Lipinski definition) is 1. The predicted octanol–water partition coefficient (Wildman–Crippen LogP) is 8.62. The van der Waals surface area contributed by atoms with Crippen molar-refractivity contribution in [2.75, 3.05) is 18.6 Å². The number of carboxylic acid groups (broad SMARTS) is 1. The average molecular weight is 531 g/mol. The van der Waals surface area contributed by atoms with E-state index in [0.717, 1.165) is 22.4 Å². The summed E-state index contributed by atoms with van der Waals surface area (Å²) in [7, 11) is 1.89. The Labute approximate surface area is 221 Å². The van der Waals surface area contributed by atoms with Crippen LogP contribution in [0.1, 0.15) is 24.2 Å². The van der Waals surface area contributed by atoms with Gasteiger partial charge in [-0.15, -0.1) is 0 Å². The third-order valence-electron chi connectivity index (χ3n) is 5.57. The highest BCUT2D eigenvalue weighted by Crippen LogP contribution is 2.35. The second-order valence-electron chi connectivity index (χ2n) is 8.31. The van der Waals surface area contributed by atoms with Gasteiger partial charge in [-0.05, 0) is 54.0 Å². The van der Waals surface area contributed by atoms with Gasteiger partial charge in [0, 0.05) is 17.6 Å². The van der Waals surface area contributed by atoms with Crippen molar-refractivity contribution in [2.45, 2.75) is 13.8 Å². The van der Waals surface area contributed by atoms with Crippen LogP contribution in [0.4, 0.5) is 5.69 Å². The second-order valence-corrected chi connectivity index (χ2v) is 9.53. The minimum Gasteiger partial charge on any atom is -0.487 e. The maximum Gasteiger partial charge on any atom is 0.335 e. The maximum absolute atomic E-state index is 11.1. The van der Waals surface area contributed by atoms with E-state index in [0.29, 0.717) is 26.5 Å². The molecule has 4 nitrogen and oxygen atoms in total. The summed E-state index contributed by atoms with van der Waals surface area (Å²) in [6.07, 6.45) is 1.99. The quantitative estimate of drug-likeness (QED) is 0.281. The molecule has 0 unspecified atom stereocenters. The summed E-state index contributed by atoms with van der Waals surface area (Å²) in [6.45, 7) is 8.58. The van der Waals surface area contributed by atoms with E-state index in [1.807, 2.05) is 42.3 Å². The molecule has 0 aromatic heterocycles. The van der Waals surface area contributed by atoms with Crippen LogP contribution < -0.4 is 9.64 Å². The fourth-order valence-electron chi connectivity index (χ4n) is 3.34. The molecule has 35 heavy (non-hydrogen) atoms. The first kappa shape index (κ1) is 26.7. The topological polar surface area (TPSA) is 49.8 Å². The number of hydrogen-bond acceptors (Lipinski definition) is 3. The number of allylic oxidation sites excluding steroid dienone is 2. The lowest BCUT2D eigenvalue weighted by Gasteiger charge is -2.26. The molecule has 0 atom stereocenters. The van der Waals surface area contributed by atoms with E-state index in [9.17, 15) is 4.79 Å². The Morgan fingerprint density at radius 3 is 2.20 bits per heavy atom. The molecule has 0 saturated heterocycles. The van der Waals surface area contributed by atoms with Crippen LogP contribution in [0.2, 0.25) is 15.1 Å². The molecule has 3 aromatic carbocycles. The van der Waals surface area contributed by atoms with Crippen LogP contribution in [0.5, 0.6) is 5.75 Å². The van der Waals surface area contributed by atoms with Gasteiger partial charge in [-0.1, -0.05) is 85.1 Å². The van der Waals surface area contributed by atoms with Crippen LogP contribution >= 0.6 is 34.8 Å². The molecule has 0 aliphatic heterocycles. The van der Waals surface area contributed by atoms with Crippen LogP contribution in [0.25, 0.3) is 11.1 Å². The summed E-state index contributed by atoms with van der Waals surface area (Å²) in [5, 5.41) is 10.6. The van der Waals surface area contributed by atoms with Gasteiger partial charge in [-0.3, -0.25) is 0 Å². The number of nitrogens with zero attached hydrogens (tertiary/aromatic N) is 1. The molecule has 1 N–H and O–H groups in total. The molecule has 0 saturated carbocycles. The molecule has 7 heteroatoms. The van der Waals surface area contributed by atoms with Gasteiger partial charge in [0.1, 0.15) is 12.4 Å². The number of rotatable bonds is 9. The number of likely N-dealkylation sites (N-methyl/N-ethyl adjacent to an activating group) is 1. The average Bonchev–Trinajstić information content (AvgIpc) is 2.81. The monoisotopic (exact) mass is 529 g/mol. The van der Waals surface area contributed by atoms with E-state index in [1.165, 1.54) is 12.1 Å². The van der Waals surface area contributed by atoms with Crippen molar-refractivity contribution < 1.29 is 14.6 Å². The van der Waals surface area contributed by atoms with E-state index in [4.69, 9.17) is 44.6 Å². The zero-order chi connectivity index (χ0) is 25.7. The van der Waals surface area contributed by atoms with Gasteiger partial charge >= 0.3 is 5.97 Å². The highest BCUT2D eigenvalue weighted by molar-refractivity contribution is 6.39. The zero-order valence-electron chi connectivity index (χ0n) is 19.7. The first-order chi connectivity index (χ1) is 16.6. The van der Waals surface area contributed by atoms with Crippen molar-refractivity contribution in [3.63, 3.8) is 0 Å². The van der Waals surface area contributed by atoms with Crippen LogP contribution in [0, 0.1) is 5.92 Å². The first-order valence-corrected chi connectivity index (χ1v) is 12.0. The molecule has 0 spiro atoms. The fraction of sp³-hybridized carbons (Fsp3) is 0.179. The van der Waals surface area contributed by atoms with Gasteiger partial charge in [-0.25, -0.2) is 4.79 Å². The Morgan fingerprint density at radius 1 is 1.03 bits per heavy atom. The van der Waals surface area contributed by atoms with Crippen LogP contribution in [-0.4, -0.2) is 24.7 Å². The van der Waals surface area contributed by atoms with E-state index in [2.05, 4.69) is 20.4 Å². The molecule has 0 fully saturated rings. The third kappa shape index (κ3) is 6.61. The maximum atomic E-state index is 11.1. The zero-order valence-corrected chi connectivity index (χ0v) is 22.0. The molecule has 0 amide bonds. The molecular weight excluding hydrogens is 505 g/mol. The standard InChI is InChI=1S/C28H26Cl3NO3/c1-17(2)18(3)14-21(32(4)27-24(29)6-5-7-25(27)30)16-35-22-11-8-19(9-12-22)23-13-10-20(28(33)34)15-26(23)31/h5-15,17H,3,16H2,1-2,4H3,(H,33,34)/b21-14-. The van der Waals surface area contributed by atoms with Gasteiger partial charge in [0.15, 0.2) is 0 Å². The second kappa shape index (κ2) is 11.7. The molecule has 3 aromatic rings. The van der Waals surface area contributed by atoms with Gasteiger partial charge in [0.05, 0.1) is 27.0 Å². The molecule has 0 aliphatic rings. The molecular formula is C28H26Cl3NO3. The highest BCUT2D eigenvalue weighted by atomic mass is 35.5.